The van der Waals surface area contributed by atoms with Gasteiger partial charge in [0, 0.05) is 39.4 Å². The van der Waals surface area contributed by atoms with Gasteiger partial charge in [0.25, 0.3) is 5.91 Å². The van der Waals surface area contributed by atoms with Gasteiger partial charge in [-0.2, -0.15) is 13.2 Å². The number of halogens is 4. The van der Waals surface area contributed by atoms with Gasteiger partial charge >= 0.3 is 6.18 Å². The van der Waals surface area contributed by atoms with Crippen molar-refractivity contribution in [3.8, 4) is 0 Å². The minimum Gasteiger partial charge on any atom is -0.351 e. The summed E-state index contributed by atoms with van der Waals surface area (Å²) in [7, 11) is -1.13. The summed E-state index contributed by atoms with van der Waals surface area (Å²) in [4.78, 5) is 11.8. The van der Waals surface area contributed by atoms with Crippen LogP contribution in [0.2, 0.25) is 5.02 Å². The molecule has 8 heteroatoms. The standard InChI is InChI=1S/C12H13ClF3NO2S/c1-7(20(2)19)6-17-11(18)8-3-9(12(14,15)16)5-10(13)4-8/h3-5,7H,6H2,1-2H3,(H,17,18)/t7-,20-/m1/s1. The second kappa shape index (κ2) is 6.58. The number of alkyl halides is 3. The predicted octanol–water partition coefficient (Wildman–Crippen LogP) is 2.86. The number of rotatable bonds is 4. The quantitative estimate of drug-likeness (QED) is 0.924. The van der Waals surface area contributed by atoms with Crippen LogP contribution in [0.5, 0.6) is 0 Å². The number of amides is 1. The highest BCUT2D eigenvalue weighted by Crippen LogP contribution is 2.31. The van der Waals surface area contributed by atoms with Gasteiger partial charge in [-0.15, -0.1) is 0 Å². The maximum absolute atomic E-state index is 12.6. The van der Waals surface area contributed by atoms with Crippen molar-refractivity contribution < 1.29 is 22.2 Å². The Balaban J connectivity index is 2.88. The second-order valence-corrected chi connectivity index (χ2v) is 6.48. The molecule has 1 aromatic rings. The maximum Gasteiger partial charge on any atom is 0.416 e. The van der Waals surface area contributed by atoms with Gasteiger partial charge in [0.1, 0.15) is 0 Å². The summed E-state index contributed by atoms with van der Waals surface area (Å²) < 4.78 is 48.9. The molecule has 1 aromatic carbocycles. The van der Waals surface area contributed by atoms with Gasteiger partial charge in [0.2, 0.25) is 0 Å². The number of hydrogen-bond acceptors (Lipinski definition) is 2. The van der Waals surface area contributed by atoms with Crippen molar-refractivity contribution in [3.05, 3.63) is 34.3 Å². The molecule has 0 fully saturated rings. The molecule has 112 valence electrons. The topological polar surface area (TPSA) is 46.2 Å². The summed E-state index contributed by atoms with van der Waals surface area (Å²) in [6.45, 7) is 1.77. The Morgan fingerprint density at radius 1 is 1.40 bits per heavy atom. The maximum atomic E-state index is 12.6. The van der Waals surface area contributed by atoms with Gasteiger partial charge in [0.05, 0.1) is 5.56 Å². The second-order valence-electron chi connectivity index (χ2n) is 4.25. The number of carbonyl (C=O) groups is 1. The van der Waals surface area contributed by atoms with E-state index in [4.69, 9.17) is 11.6 Å². The molecule has 0 radical (unpaired) electrons. The third kappa shape index (κ3) is 4.79. The van der Waals surface area contributed by atoms with Crippen molar-refractivity contribution in [1.82, 2.24) is 5.32 Å². The molecule has 0 aliphatic heterocycles. The molecule has 1 amide bonds. The van der Waals surface area contributed by atoms with E-state index in [2.05, 4.69) is 5.32 Å². The Labute approximate surface area is 122 Å². The average Bonchev–Trinajstić information content (AvgIpc) is 2.33. The SMILES string of the molecule is C[C@H](CNC(=O)c1cc(Cl)cc(C(F)(F)F)c1)[S@@](C)=O. The lowest BCUT2D eigenvalue weighted by Gasteiger charge is -2.12. The molecular formula is C12H13ClF3NO2S. The highest BCUT2D eigenvalue weighted by molar-refractivity contribution is 7.84. The fourth-order valence-electron chi connectivity index (χ4n) is 1.34. The first-order chi connectivity index (χ1) is 9.11. The molecule has 1 rings (SSSR count). The van der Waals surface area contributed by atoms with Crippen LogP contribution in [-0.4, -0.2) is 28.2 Å². The predicted molar refractivity (Wildman–Crippen MR) is 72.3 cm³/mol. The van der Waals surface area contributed by atoms with Crippen LogP contribution in [0.4, 0.5) is 13.2 Å². The summed E-state index contributed by atoms with van der Waals surface area (Å²) >= 11 is 5.58. The van der Waals surface area contributed by atoms with E-state index in [0.717, 1.165) is 18.2 Å². The molecule has 1 N–H and O–H groups in total. The van der Waals surface area contributed by atoms with Crippen LogP contribution in [0, 0.1) is 0 Å². The van der Waals surface area contributed by atoms with Gasteiger partial charge in [-0.3, -0.25) is 9.00 Å². The van der Waals surface area contributed by atoms with Crippen molar-refractivity contribution in [2.75, 3.05) is 12.8 Å². The number of benzene rings is 1. The Morgan fingerprint density at radius 2 is 2.00 bits per heavy atom. The van der Waals surface area contributed by atoms with Gasteiger partial charge in [0.15, 0.2) is 0 Å². The van der Waals surface area contributed by atoms with Crippen LogP contribution in [0.15, 0.2) is 18.2 Å². The van der Waals surface area contributed by atoms with Gasteiger partial charge in [-0.1, -0.05) is 11.6 Å². The molecule has 0 aliphatic rings. The molecule has 0 aliphatic carbocycles. The van der Waals surface area contributed by atoms with Crippen molar-refractivity contribution in [2.24, 2.45) is 0 Å². The fourth-order valence-corrected chi connectivity index (χ4v) is 1.89. The van der Waals surface area contributed by atoms with Crippen molar-refractivity contribution >= 4 is 28.3 Å². The van der Waals surface area contributed by atoms with E-state index in [1.165, 1.54) is 6.26 Å². The molecule has 20 heavy (non-hydrogen) atoms. The fraction of sp³-hybridized carbons (Fsp3) is 0.417. The summed E-state index contributed by atoms with van der Waals surface area (Å²) in [5.74, 6) is -0.685. The van der Waals surface area contributed by atoms with E-state index < -0.39 is 28.4 Å². The lowest BCUT2D eigenvalue weighted by atomic mass is 10.1. The third-order valence-corrected chi connectivity index (χ3v) is 4.12. The van der Waals surface area contributed by atoms with Gasteiger partial charge < -0.3 is 5.32 Å². The van der Waals surface area contributed by atoms with Crippen molar-refractivity contribution in [3.63, 3.8) is 0 Å². The van der Waals surface area contributed by atoms with Crippen molar-refractivity contribution in [1.29, 1.82) is 0 Å². The van der Waals surface area contributed by atoms with Crippen molar-refractivity contribution in [2.45, 2.75) is 18.3 Å². The van der Waals surface area contributed by atoms with Gasteiger partial charge in [-0.05, 0) is 25.1 Å². The molecule has 2 atom stereocenters. The zero-order valence-corrected chi connectivity index (χ0v) is 12.3. The molecule has 0 saturated carbocycles. The van der Waals surface area contributed by atoms with E-state index >= 15 is 0 Å². The Bertz CT molecular complexity index is 534. The zero-order valence-electron chi connectivity index (χ0n) is 10.8. The van der Waals surface area contributed by atoms with E-state index in [-0.39, 0.29) is 22.4 Å². The normalized spacial score (nSPS) is 14.7. The first-order valence-corrected chi connectivity index (χ1v) is 7.59. The minimum atomic E-state index is -4.57. The first-order valence-electron chi connectivity index (χ1n) is 5.59. The summed E-state index contributed by atoms with van der Waals surface area (Å²) in [6.07, 6.45) is -3.09. The van der Waals surface area contributed by atoms with E-state index in [1.807, 2.05) is 0 Å². The van der Waals surface area contributed by atoms with Crippen LogP contribution in [0.3, 0.4) is 0 Å². The average molecular weight is 328 g/mol. The van der Waals surface area contributed by atoms with E-state index in [1.54, 1.807) is 6.92 Å². The highest BCUT2D eigenvalue weighted by atomic mass is 35.5. The number of nitrogens with one attached hydrogen (secondary N) is 1. The van der Waals surface area contributed by atoms with E-state index in [9.17, 15) is 22.2 Å². The Kier molecular flexibility index (Phi) is 5.59. The number of hydrogen-bond donors (Lipinski definition) is 1. The molecule has 0 unspecified atom stereocenters. The molecule has 0 spiro atoms. The van der Waals surface area contributed by atoms with Crippen LogP contribution in [-0.2, 0) is 17.0 Å². The van der Waals surface area contributed by atoms with E-state index in [0.29, 0.717) is 0 Å². The molecule has 3 nitrogen and oxygen atoms in total. The molecule has 0 saturated heterocycles. The summed E-state index contributed by atoms with van der Waals surface area (Å²) in [6, 6.07) is 2.64. The van der Waals surface area contributed by atoms with Crippen LogP contribution in [0.1, 0.15) is 22.8 Å². The summed E-state index contributed by atoms with van der Waals surface area (Å²) in [5.41, 5.74) is -1.17. The lowest BCUT2D eigenvalue weighted by Crippen LogP contribution is -2.32. The molecule has 0 aromatic heterocycles. The summed E-state index contributed by atoms with van der Waals surface area (Å²) in [5, 5.41) is 1.97. The molecule has 0 heterocycles. The first kappa shape index (κ1) is 17.0. The van der Waals surface area contributed by atoms with Crippen LogP contribution >= 0.6 is 11.6 Å². The highest BCUT2D eigenvalue weighted by Gasteiger charge is 2.31. The Hall–Kier alpha value is -1.08. The lowest BCUT2D eigenvalue weighted by molar-refractivity contribution is -0.137. The Morgan fingerprint density at radius 3 is 2.50 bits per heavy atom. The monoisotopic (exact) mass is 327 g/mol. The van der Waals surface area contributed by atoms with Crippen LogP contribution < -0.4 is 5.32 Å². The third-order valence-electron chi connectivity index (χ3n) is 2.60. The van der Waals surface area contributed by atoms with Crippen LogP contribution in [0.25, 0.3) is 0 Å². The minimum absolute atomic E-state index is 0.107. The molecule has 0 bridgehead atoms. The smallest absolute Gasteiger partial charge is 0.351 e. The zero-order chi connectivity index (χ0) is 15.5. The number of carbonyl (C=O) groups excluding carboxylic acids is 1. The van der Waals surface area contributed by atoms with Gasteiger partial charge in [-0.25, -0.2) is 0 Å². The molecular weight excluding hydrogens is 315 g/mol. The largest absolute Gasteiger partial charge is 0.416 e.